The lowest BCUT2D eigenvalue weighted by molar-refractivity contribution is 0.376. The Labute approximate surface area is 124 Å². The molecular weight excluding hydrogens is 304 g/mol. The number of rotatable bonds is 6. The Hall–Kier alpha value is -0.580. The normalized spacial score (nSPS) is 19.4. The number of methoxy groups -OCH3 is 1. The number of ether oxygens (including phenoxy) is 1. The van der Waals surface area contributed by atoms with Crippen molar-refractivity contribution in [1.29, 1.82) is 0 Å². The number of hydrogen-bond acceptors (Lipinski definition) is 3. The molecule has 0 aromatic heterocycles. The second kappa shape index (κ2) is 7.88. The molecule has 0 saturated carbocycles. The summed E-state index contributed by atoms with van der Waals surface area (Å²) in [5.74, 6) is 0.884. The highest BCUT2D eigenvalue weighted by molar-refractivity contribution is 9.10. The second-order valence-electron chi connectivity index (χ2n) is 5.08. The second-order valence-corrected chi connectivity index (χ2v) is 5.94. The zero-order valence-corrected chi connectivity index (χ0v) is 13.1. The van der Waals surface area contributed by atoms with E-state index in [-0.39, 0.29) is 0 Å². The van der Waals surface area contributed by atoms with E-state index in [0.717, 1.165) is 23.3 Å². The Kier molecular flexibility index (Phi) is 6.14. The van der Waals surface area contributed by atoms with Crippen molar-refractivity contribution in [3.8, 4) is 5.75 Å². The SMILES string of the molecule is COc1ccc(CNCCC2CCCCN2)cc1Br. The van der Waals surface area contributed by atoms with E-state index in [9.17, 15) is 0 Å². The molecule has 0 radical (unpaired) electrons. The maximum Gasteiger partial charge on any atom is 0.133 e. The average molecular weight is 327 g/mol. The first-order valence-electron chi connectivity index (χ1n) is 7.06. The summed E-state index contributed by atoms with van der Waals surface area (Å²) in [4.78, 5) is 0. The highest BCUT2D eigenvalue weighted by atomic mass is 79.9. The lowest BCUT2D eigenvalue weighted by Crippen LogP contribution is -2.36. The lowest BCUT2D eigenvalue weighted by atomic mass is 10.0. The summed E-state index contributed by atoms with van der Waals surface area (Å²) in [6.07, 6.45) is 5.26. The maximum absolute atomic E-state index is 5.23. The third-order valence-corrected chi connectivity index (χ3v) is 4.25. The first-order valence-corrected chi connectivity index (χ1v) is 7.85. The maximum atomic E-state index is 5.23. The molecule has 2 N–H and O–H groups in total. The summed E-state index contributed by atoms with van der Waals surface area (Å²) in [6, 6.07) is 6.94. The standard InChI is InChI=1S/C15H23BrN2O/c1-19-15-6-5-12(10-14(15)16)11-17-9-7-13-4-2-3-8-18-13/h5-6,10,13,17-18H,2-4,7-9,11H2,1H3. The molecule has 0 spiro atoms. The van der Waals surface area contributed by atoms with E-state index >= 15 is 0 Å². The first kappa shape index (κ1) is 14.8. The third kappa shape index (κ3) is 4.79. The van der Waals surface area contributed by atoms with Crippen LogP contribution in [0.1, 0.15) is 31.2 Å². The van der Waals surface area contributed by atoms with Crippen LogP contribution in [0.4, 0.5) is 0 Å². The minimum Gasteiger partial charge on any atom is -0.496 e. The molecule has 1 aliphatic rings. The van der Waals surface area contributed by atoms with Crippen LogP contribution in [0.5, 0.6) is 5.75 Å². The molecule has 19 heavy (non-hydrogen) atoms. The number of hydrogen-bond donors (Lipinski definition) is 2. The Morgan fingerprint density at radius 2 is 2.32 bits per heavy atom. The molecule has 0 amide bonds. The van der Waals surface area contributed by atoms with Gasteiger partial charge in [-0.1, -0.05) is 12.5 Å². The van der Waals surface area contributed by atoms with Crippen LogP contribution in [0.3, 0.4) is 0 Å². The zero-order chi connectivity index (χ0) is 13.5. The van der Waals surface area contributed by atoms with Crippen LogP contribution in [0, 0.1) is 0 Å². The summed E-state index contributed by atoms with van der Waals surface area (Å²) < 4.78 is 6.25. The van der Waals surface area contributed by atoms with E-state index in [1.54, 1.807) is 7.11 Å². The zero-order valence-electron chi connectivity index (χ0n) is 11.5. The van der Waals surface area contributed by atoms with Crippen molar-refractivity contribution in [2.75, 3.05) is 20.2 Å². The van der Waals surface area contributed by atoms with Gasteiger partial charge in [-0.15, -0.1) is 0 Å². The largest absolute Gasteiger partial charge is 0.496 e. The topological polar surface area (TPSA) is 33.3 Å². The fourth-order valence-corrected chi connectivity index (χ4v) is 3.09. The Morgan fingerprint density at radius 3 is 3.00 bits per heavy atom. The summed E-state index contributed by atoms with van der Waals surface area (Å²) >= 11 is 3.52. The fraction of sp³-hybridized carbons (Fsp3) is 0.600. The molecule has 1 aromatic carbocycles. The predicted molar refractivity (Wildman–Crippen MR) is 82.7 cm³/mol. The molecular formula is C15H23BrN2O. The molecule has 0 aliphatic carbocycles. The van der Waals surface area contributed by atoms with Gasteiger partial charge in [0.05, 0.1) is 11.6 Å². The molecule has 1 saturated heterocycles. The van der Waals surface area contributed by atoms with Crippen molar-refractivity contribution in [3.63, 3.8) is 0 Å². The number of piperidine rings is 1. The predicted octanol–water partition coefficient (Wildman–Crippen LogP) is 3.08. The number of halogens is 1. The van der Waals surface area contributed by atoms with Gasteiger partial charge in [0, 0.05) is 12.6 Å². The first-order chi connectivity index (χ1) is 9.29. The molecule has 1 unspecified atom stereocenters. The van der Waals surface area contributed by atoms with Crippen LogP contribution >= 0.6 is 15.9 Å². The van der Waals surface area contributed by atoms with E-state index in [0.29, 0.717) is 6.04 Å². The molecule has 0 bridgehead atoms. The van der Waals surface area contributed by atoms with Gasteiger partial charge in [-0.05, 0) is 66.0 Å². The molecule has 1 heterocycles. The third-order valence-electron chi connectivity index (χ3n) is 3.63. The average Bonchev–Trinajstić information content (AvgIpc) is 2.45. The Morgan fingerprint density at radius 1 is 1.42 bits per heavy atom. The van der Waals surface area contributed by atoms with Gasteiger partial charge in [0.25, 0.3) is 0 Å². The molecule has 4 heteroatoms. The fourth-order valence-electron chi connectivity index (χ4n) is 2.50. The minimum absolute atomic E-state index is 0.712. The van der Waals surface area contributed by atoms with Crippen LogP contribution in [0.25, 0.3) is 0 Å². The van der Waals surface area contributed by atoms with E-state index < -0.39 is 0 Å². The van der Waals surface area contributed by atoms with Gasteiger partial charge < -0.3 is 15.4 Å². The molecule has 3 nitrogen and oxygen atoms in total. The van der Waals surface area contributed by atoms with E-state index in [4.69, 9.17) is 4.74 Å². The van der Waals surface area contributed by atoms with Crippen molar-refractivity contribution in [3.05, 3.63) is 28.2 Å². The van der Waals surface area contributed by atoms with Crippen LogP contribution in [0.15, 0.2) is 22.7 Å². The van der Waals surface area contributed by atoms with Gasteiger partial charge in [0.2, 0.25) is 0 Å². The van der Waals surface area contributed by atoms with E-state index in [1.807, 2.05) is 6.07 Å². The van der Waals surface area contributed by atoms with Crippen molar-refractivity contribution in [2.45, 2.75) is 38.3 Å². The molecule has 1 aliphatic heterocycles. The van der Waals surface area contributed by atoms with Crippen LogP contribution in [-0.4, -0.2) is 26.2 Å². The summed E-state index contributed by atoms with van der Waals surface area (Å²) in [7, 11) is 1.69. The van der Waals surface area contributed by atoms with Crippen molar-refractivity contribution < 1.29 is 4.74 Å². The Bertz CT molecular complexity index is 392. The van der Waals surface area contributed by atoms with Gasteiger partial charge >= 0.3 is 0 Å². The summed E-state index contributed by atoms with van der Waals surface area (Å²) in [5, 5.41) is 7.09. The molecule has 1 atom stereocenters. The van der Waals surface area contributed by atoms with E-state index in [2.05, 4.69) is 38.7 Å². The van der Waals surface area contributed by atoms with Crippen molar-refractivity contribution >= 4 is 15.9 Å². The van der Waals surface area contributed by atoms with Crippen molar-refractivity contribution in [1.82, 2.24) is 10.6 Å². The quantitative estimate of drug-likeness (QED) is 0.788. The van der Waals surface area contributed by atoms with Gasteiger partial charge in [-0.2, -0.15) is 0 Å². The molecule has 1 aromatic rings. The number of nitrogens with one attached hydrogen (secondary N) is 2. The smallest absolute Gasteiger partial charge is 0.133 e. The van der Waals surface area contributed by atoms with Crippen molar-refractivity contribution in [2.24, 2.45) is 0 Å². The van der Waals surface area contributed by atoms with Crippen LogP contribution in [-0.2, 0) is 6.54 Å². The van der Waals surface area contributed by atoms with Gasteiger partial charge in [-0.25, -0.2) is 0 Å². The highest BCUT2D eigenvalue weighted by Crippen LogP contribution is 2.25. The van der Waals surface area contributed by atoms with Gasteiger partial charge in [-0.3, -0.25) is 0 Å². The monoisotopic (exact) mass is 326 g/mol. The van der Waals surface area contributed by atoms with Crippen LogP contribution in [0.2, 0.25) is 0 Å². The highest BCUT2D eigenvalue weighted by Gasteiger charge is 2.11. The van der Waals surface area contributed by atoms with Gasteiger partial charge in [0.1, 0.15) is 5.75 Å². The molecule has 1 fully saturated rings. The molecule has 106 valence electrons. The van der Waals surface area contributed by atoms with E-state index in [1.165, 1.54) is 37.8 Å². The van der Waals surface area contributed by atoms with Gasteiger partial charge in [0.15, 0.2) is 0 Å². The summed E-state index contributed by atoms with van der Waals surface area (Å²) in [6.45, 7) is 3.17. The lowest BCUT2D eigenvalue weighted by Gasteiger charge is -2.23. The summed E-state index contributed by atoms with van der Waals surface area (Å²) in [5.41, 5.74) is 1.28. The van der Waals surface area contributed by atoms with Crippen LogP contribution < -0.4 is 15.4 Å². The Balaban J connectivity index is 1.69. The number of benzene rings is 1. The molecule has 2 rings (SSSR count). The minimum atomic E-state index is 0.712.